The lowest BCUT2D eigenvalue weighted by atomic mass is 10.1. The Labute approximate surface area is 140 Å². The van der Waals surface area contributed by atoms with Gasteiger partial charge in [-0.2, -0.15) is 0 Å². The number of hydrogen-bond acceptors (Lipinski definition) is 4. The van der Waals surface area contributed by atoms with Crippen molar-refractivity contribution in [2.75, 3.05) is 13.6 Å². The summed E-state index contributed by atoms with van der Waals surface area (Å²) in [6, 6.07) is 12.3. The minimum atomic E-state index is -0.545. The molecule has 0 bridgehead atoms. The lowest BCUT2D eigenvalue weighted by molar-refractivity contribution is -0.124. The molecule has 1 aromatic carbocycles. The maximum absolute atomic E-state index is 12.7. The van der Waals surface area contributed by atoms with E-state index in [0.717, 1.165) is 5.75 Å². The van der Waals surface area contributed by atoms with Crippen LogP contribution in [0.15, 0.2) is 54.9 Å². The fourth-order valence-electron chi connectivity index (χ4n) is 2.87. The molecule has 0 radical (unpaired) electrons. The predicted octanol–water partition coefficient (Wildman–Crippen LogP) is 1.49. The Morgan fingerprint density at radius 3 is 2.67 bits per heavy atom. The number of nitrogens with zero attached hydrogens (tertiary/aromatic N) is 2. The summed E-state index contributed by atoms with van der Waals surface area (Å²) in [6.07, 6.45) is 3.35. The highest BCUT2D eigenvalue weighted by Gasteiger charge is 2.40. The third-order valence-corrected chi connectivity index (χ3v) is 4.03. The minimum absolute atomic E-state index is 0.189. The fraction of sp³-hybridized carbons (Fsp3) is 0.278. The monoisotopic (exact) mass is 325 g/mol. The molecule has 1 fully saturated rings. The van der Waals surface area contributed by atoms with Crippen LogP contribution in [0.3, 0.4) is 0 Å². The molecule has 6 nitrogen and oxygen atoms in total. The molecule has 0 unspecified atom stereocenters. The Balaban J connectivity index is 1.78. The van der Waals surface area contributed by atoms with Crippen molar-refractivity contribution >= 4 is 11.8 Å². The molecule has 24 heavy (non-hydrogen) atoms. The molecular weight excluding hydrogens is 306 g/mol. The number of likely N-dealkylation sites (tertiary alicyclic amines) is 1. The van der Waals surface area contributed by atoms with Crippen molar-refractivity contribution in [2.45, 2.75) is 18.6 Å². The molecule has 2 amide bonds. The van der Waals surface area contributed by atoms with Crippen LogP contribution in [0.5, 0.6) is 5.75 Å². The zero-order chi connectivity index (χ0) is 16.9. The van der Waals surface area contributed by atoms with Crippen LogP contribution in [-0.4, -0.2) is 47.4 Å². The third kappa shape index (κ3) is 3.37. The summed E-state index contributed by atoms with van der Waals surface area (Å²) in [4.78, 5) is 30.4. The molecule has 0 saturated carbocycles. The Bertz CT molecular complexity index is 706. The first-order valence-corrected chi connectivity index (χ1v) is 7.83. The molecule has 2 atom stereocenters. The molecule has 1 N–H and O–H groups in total. The van der Waals surface area contributed by atoms with Gasteiger partial charge in [0.05, 0.1) is 12.1 Å². The Kier molecular flexibility index (Phi) is 4.74. The molecule has 2 aromatic rings. The molecular formula is C18H19N3O3. The highest BCUT2D eigenvalue weighted by atomic mass is 16.5. The largest absolute Gasteiger partial charge is 0.488 e. The number of nitrogens with one attached hydrogen (secondary N) is 1. The summed E-state index contributed by atoms with van der Waals surface area (Å²) >= 11 is 0. The molecule has 1 saturated heterocycles. The number of pyridine rings is 1. The highest BCUT2D eigenvalue weighted by molar-refractivity contribution is 5.97. The number of benzene rings is 1. The second-order valence-corrected chi connectivity index (χ2v) is 5.62. The Morgan fingerprint density at radius 1 is 1.21 bits per heavy atom. The van der Waals surface area contributed by atoms with Gasteiger partial charge in [-0.1, -0.05) is 18.2 Å². The number of ether oxygens (including phenoxy) is 1. The van der Waals surface area contributed by atoms with Gasteiger partial charge in [0.2, 0.25) is 5.91 Å². The molecule has 0 spiro atoms. The quantitative estimate of drug-likeness (QED) is 0.924. The van der Waals surface area contributed by atoms with Gasteiger partial charge >= 0.3 is 0 Å². The zero-order valence-electron chi connectivity index (χ0n) is 13.4. The summed E-state index contributed by atoms with van der Waals surface area (Å²) in [5.74, 6) is 0.330. The zero-order valence-corrected chi connectivity index (χ0v) is 13.4. The van der Waals surface area contributed by atoms with E-state index < -0.39 is 6.04 Å². The standard InChI is InChI=1S/C18H19N3O3/c1-19-17(22)16-10-15(24-14-7-3-2-4-8-14)12-21(16)18(23)13-6-5-9-20-11-13/h2-9,11,15-16H,10,12H2,1H3,(H,19,22)/t15-,16-/m0/s1. The topological polar surface area (TPSA) is 71.5 Å². The number of carbonyl (C=O) groups excluding carboxylic acids is 2. The average molecular weight is 325 g/mol. The van der Waals surface area contributed by atoms with Crippen molar-refractivity contribution in [2.24, 2.45) is 0 Å². The van der Waals surface area contributed by atoms with E-state index in [1.54, 1.807) is 30.3 Å². The van der Waals surface area contributed by atoms with Gasteiger partial charge in [-0.25, -0.2) is 0 Å². The van der Waals surface area contributed by atoms with E-state index in [9.17, 15) is 9.59 Å². The van der Waals surface area contributed by atoms with E-state index in [4.69, 9.17) is 4.74 Å². The van der Waals surface area contributed by atoms with Crippen LogP contribution >= 0.6 is 0 Å². The molecule has 1 aromatic heterocycles. The van der Waals surface area contributed by atoms with Crippen LogP contribution in [0.2, 0.25) is 0 Å². The first-order chi connectivity index (χ1) is 11.7. The minimum Gasteiger partial charge on any atom is -0.488 e. The maximum Gasteiger partial charge on any atom is 0.256 e. The van der Waals surface area contributed by atoms with Crippen molar-refractivity contribution in [3.8, 4) is 5.75 Å². The van der Waals surface area contributed by atoms with E-state index in [1.807, 2.05) is 30.3 Å². The number of rotatable bonds is 4. The number of carbonyl (C=O) groups is 2. The van der Waals surface area contributed by atoms with Crippen LogP contribution in [0, 0.1) is 0 Å². The van der Waals surface area contributed by atoms with Crippen LogP contribution in [-0.2, 0) is 4.79 Å². The molecule has 6 heteroatoms. The highest BCUT2D eigenvalue weighted by Crippen LogP contribution is 2.24. The summed E-state index contributed by atoms with van der Waals surface area (Å²) in [5, 5.41) is 2.62. The first-order valence-electron chi connectivity index (χ1n) is 7.83. The number of likely N-dealkylation sites (N-methyl/N-ethyl adjacent to an activating group) is 1. The van der Waals surface area contributed by atoms with Crippen LogP contribution in [0.4, 0.5) is 0 Å². The Hall–Kier alpha value is -2.89. The Morgan fingerprint density at radius 2 is 2.00 bits per heavy atom. The van der Waals surface area contributed by atoms with E-state index in [1.165, 1.54) is 6.20 Å². The summed E-state index contributed by atoms with van der Waals surface area (Å²) in [5.41, 5.74) is 0.465. The van der Waals surface area contributed by atoms with Crippen molar-refractivity contribution < 1.29 is 14.3 Å². The summed E-state index contributed by atoms with van der Waals surface area (Å²) < 4.78 is 5.93. The smallest absolute Gasteiger partial charge is 0.256 e. The molecule has 124 valence electrons. The first kappa shape index (κ1) is 16.0. The van der Waals surface area contributed by atoms with Crippen LogP contribution in [0.25, 0.3) is 0 Å². The van der Waals surface area contributed by atoms with Gasteiger partial charge in [0.1, 0.15) is 17.9 Å². The van der Waals surface area contributed by atoms with Gasteiger partial charge < -0.3 is 15.0 Å². The maximum atomic E-state index is 12.7. The van der Waals surface area contributed by atoms with Gasteiger partial charge in [-0.3, -0.25) is 14.6 Å². The van der Waals surface area contributed by atoms with Gasteiger partial charge in [0, 0.05) is 25.9 Å². The van der Waals surface area contributed by atoms with Crippen LogP contribution in [0.1, 0.15) is 16.8 Å². The van der Waals surface area contributed by atoms with E-state index >= 15 is 0 Å². The molecule has 1 aliphatic heterocycles. The van der Waals surface area contributed by atoms with Gasteiger partial charge in [-0.05, 0) is 24.3 Å². The molecule has 3 rings (SSSR count). The average Bonchev–Trinajstić information content (AvgIpc) is 3.05. The second kappa shape index (κ2) is 7.12. The summed E-state index contributed by atoms with van der Waals surface area (Å²) in [7, 11) is 1.57. The molecule has 2 heterocycles. The number of amides is 2. The summed E-state index contributed by atoms with van der Waals surface area (Å²) in [6.45, 7) is 0.362. The van der Waals surface area contributed by atoms with Gasteiger partial charge in [0.25, 0.3) is 5.91 Å². The van der Waals surface area contributed by atoms with E-state index in [-0.39, 0.29) is 17.9 Å². The lowest BCUT2D eigenvalue weighted by Gasteiger charge is -2.22. The molecule has 0 aliphatic carbocycles. The molecule has 1 aliphatic rings. The normalized spacial score (nSPS) is 19.8. The van der Waals surface area contributed by atoms with Crippen molar-refractivity contribution in [1.29, 1.82) is 0 Å². The van der Waals surface area contributed by atoms with Gasteiger partial charge in [0.15, 0.2) is 0 Å². The predicted molar refractivity (Wildman–Crippen MR) is 88.6 cm³/mol. The fourth-order valence-corrected chi connectivity index (χ4v) is 2.87. The number of aromatic nitrogens is 1. The van der Waals surface area contributed by atoms with E-state index in [2.05, 4.69) is 10.3 Å². The lowest BCUT2D eigenvalue weighted by Crippen LogP contribution is -2.45. The van der Waals surface area contributed by atoms with Crippen molar-refractivity contribution in [1.82, 2.24) is 15.2 Å². The van der Waals surface area contributed by atoms with Crippen LogP contribution < -0.4 is 10.1 Å². The second-order valence-electron chi connectivity index (χ2n) is 5.62. The van der Waals surface area contributed by atoms with Gasteiger partial charge in [-0.15, -0.1) is 0 Å². The van der Waals surface area contributed by atoms with E-state index in [0.29, 0.717) is 18.5 Å². The number of hydrogen-bond donors (Lipinski definition) is 1. The van der Waals surface area contributed by atoms with Crippen molar-refractivity contribution in [3.05, 3.63) is 60.4 Å². The van der Waals surface area contributed by atoms with Crippen molar-refractivity contribution in [3.63, 3.8) is 0 Å². The third-order valence-electron chi connectivity index (χ3n) is 4.03. The number of para-hydroxylation sites is 1. The SMILES string of the molecule is CNC(=O)[C@@H]1C[C@H](Oc2ccccc2)CN1C(=O)c1cccnc1.